The van der Waals surface area contributed by atoms with E-state index < -0.39 is 23.8 Å². The molecule has 0 spiro atoms. The molecule has 0 saturated carbocycles. The molecule has 2 rings (SSSR count). The molecule has 1 aliphatic heterocycles. The number of amides is 1. The Hall–Kier alpha value is -1.53. The standard InChI is InChI=1S/C16H22F2N2O2/c1-3-19(2)16(22)6-7-20-10-12(21)9-15(20)13-8-11(17)4-5-14(13)18/h4-5,8,12,15,21H,3,6-7,9-10H2,1-2H3/t12-,15-/m0/s1. The number of hydrogen-bond donors (Lipinski definition) is 1. The normalized spacial score (nSPS) is 22.0. The van der Waals surface area contributed by atoms with Crippen LogP contribution in [0.4, 0.5) is 8.78 Å². The highest BCUT2D eigenvalue weighted by Gasteiger charge is 2.33. The Morgan fingerprint density at radius 3 is 2.86 bits per heavy atom. The Morgan fingerprint density at radius 2 is 2.18 bits per heavy atom. The number of carbonyl (C=O) groups excluding carboxylic acids is 1. The molecule has 22 heavy (non-hydrogen) atoms. The monoisotopic (exact) mass is 312 g/mol. The summed E-state index contributed by atoms with van der Waals surface area (Å²) in [6.07, 6.45) is 0.0505. The van der Waals surface area contributed by atoms with E-state index in [0.717, 1.165) is 12.1 Å². The maximum absolute atomic E-state index is 14.0. The number of aliphatic hydroxyl groups excluding tert-OH is 1. The molecule has 6 heteroatoms. The highest BCUT2D eigenvalue weighted by atomic mass is 19.1. The van der Waals surface area contributed by atoms with Gasteiger partial charge in [-0.2, -0.15) is 0 Å². The Balaban J connectivity index is 2.09. The van der Waals surface area contributed by atoms with Crippen molar-refractivity contribution in [1.82, 2.24) is 9.80 Å². The molecule has 0 unspecified atom stereocenters. The maximum atomic E-state index is 14.0. The van der Waals surface area contributed by atoms with E-state index in [1.165, 1.54) is 6.07 Å². The van der Waals surface area contributed by atoms with Crippen molar-refractivity contribution in [3.63, 3.8) is 0 Å². The highest BCUT2D eigenvalue weighted by molar-refractivity contribution is 5.76. The first-order chi connectivity index (χ1) is 10.4. The second kappa shape index (κ2) is 7.15. The minimum Gasteiger partial charge on any atom is -0.392 e. The molecule has 0 aliphatic carbocycles. The summed E-state index contributed by atoms with van der Waals surface area (Å²) in [4.78, 5) is 15.3. The molecular weight excluding hydrogens is 290 g/mol. The van der Waals surface area contributed by atoms with E-state index in [1.807, 2.05) is 11.8 Å². The van der Waals surface area contributed by atoms with Gasteiger partial charge in [0.25, 0.3) is 0 Å². The smallest absolute Gasteiger partial charge is 0.223 e. The van der Waals surface area contributed by atoms with Crippen molar-refractivity contribution in [3.8, 4) is 0 Å². The summed E-state index contributed by atoms with van der Waals surface area (Å²) in [6.45, 7) is 3.30. The lowest BCUT2D eigenvalue weighted by molar-refractivity contribution is -0.130. The van der Waals surface area contributed by atoms with Crippen molar-refractivity contribution in [2.45, 2.75) is 31.9 Å². The van der Waals surface area contributed by atoms with E-state index in [9.17, 15) is 18.7 Å². The van der Waals surface area contributed by atoms with Crippen LogP contribution in [0.25, 0.3) is 0 Å². The largest absolute Gasteiger partial charge is 0.392 e. The average Bonchev–Trinajstić information content (AvgIpc) is 2.87. The van der Waals surface area contributed by atoms with Crippen LogP contribution in [0, 0.1) is 11.6 Å². The number of rotatable bonds is 5. The first-order valence-electron chi connectivity index (χ1n) is 7.53. The zero-order chi connectivity index (χ0) is 16.3. The zero-order valence-corrected chi connectivity index (χ0v) is 12.9. The molecule has 2 atom stereocenters. The average molecular weight is 312 g/mol. The first kappa shape index (κ1) is 16.8. The van der Waals surface area contributed by atoms with Crippen LogP contribution in [0.3, 0.4) is 0 Å². The van der Waals surface area contributed by atoms with Crippen LogP contribution in [-0.2, 0) is 4.79 Å². The van der Waals surface area contributed by atoms with Crippen LogP contribution < -0.4 is 0 Å². The van der Waals surface area contributed by atoms with Gasteiger partial charge in [0.15, 0.2) is 0 Å². The minimum atomic E-state index is -0.591. The van der Waals surface area contributed by atoms with Gasteiger partial charge < -0.3 is 10.0 Å². The van der Waals surface area contributed by atoms with E-state index in [2.05, 4.69) is 0 Å². The molecule has 4 nitrogen and oxygen atoms in total. The van der Waals surface area contributed by atoms with Crippen molar-refractivity contribution in [2.75, 3.05) is 26.7 Å². The molecule has 1 N–H and O–H groups in total. The summed E-state index contributed by atoms with van der Waals surface area (Å²) in [7, 11) is 1.73. The Morgan fingerprint density at radius 1 is 1.45 bits per heavy atom. The van der Waals surface area contributed by atoms with Gasteiger partial charge in [-0.25, -0.2) is 8.78 Å². The maximum Gasteiger partial charge on any atom is 0.223 e. The van der Waals surface area contributed by atoms with E-state index in [4.69, 9.17) is 0 Å². The number of β-amino-alcohol motifs (C(OH)–C–C–N with tert-alkyl or cyclic N) is 1. The van der Waals surface area contributed by atoms with Crippen molar-refractivity contribution >= 4 is 5.91 Å². The number of carbonyl (C=O) groups is 1. The number of nitrogens with zero attached hydrogens (tertiary/aromatic N) is 2. The third kappa shape index (κ3) is 3.81. The molecule has 1 heterocycles. The SMILES string of the molecule is CCN(C)C(=O)CCN1C[C@@H](O)C[C@H]1c1cc(F)ccc1F. The fourth-order valence-corrected chi connectivity index (χ4v) is 2.83. The number of benzene rings is 1. The van der Waals surface area contributed by atoms with Crippen LogP contribution in [0.15, 0.2) is 18.2 Å². The van der Waals surface area contributed by atoms with E-state index in [1.54, 1.807) is 11.9 Å². The first-order valence-corrected chi connectivity index (χ1v) is 7.53. The lowest BCUT2D eigenvalue weighted by Gasteiger charge is -2.25. The summed E-state index contributed by atoms with van der Waals surface area (Å²) in [6, 6.07) is 2.95. The van der Waals surface area contributed by atoms with Gasteiger partial charge in [-0.3, -0.25) is 9.69 Å². The highest BCUT2D eigenvalue weighted by Crippen LogP contribution is 2.34. The molecule has 0 radical (unpaired) electrons. The molecule has 0 bridgehead atoms. The second-order valence-electron chi connectivity index (χ2n) is 5.72. The van der Waals surface area contributed by atoms with Crippen LogP contribution in [0.5, 0.6) is 0 Å². The van der Waals surface area contributed by atoms with E-state index in [0.29, 0.717) is 32.5 Å². The number of halogens is 2. The number of hydrogen-bond acceptors (Lipinski definition) is 3. The van der Waals surface area contributed by atoms with E-state index >= 15 is 0 Å². The van der Waals surface area contributed by atoms with Gasteiger partial charge in [0, 0.05) is 44.7 Å². The van der Waals surface area contributed by atoms with Crippen LogP contribution in [0.1, 0.15) is 31.4 Å². The predicted octanol–water partition coefficient (Wildman–Crippen LogP) is 1.94. The summed E-state index contributed by atoms with van der Waals surface area (Å²) in [5.74, 6) is -0.982. The summed E-state index contributed by atoms with van der Waals surface area (Å²) < 4.78 is 27.3. The lowest BCUT2D eigenvalue weighted by Crippen LogP contribution is -2.32. The fourth-order valence-electron chi connectivity index (χ4n) is 2.83. The van der Waals surface area contributed by atoms with Crippen molar-refractivity contribution in [2.24, 2.45) is 0 Å². The zero-order valence-electron chi connectivity index (χ0n) is 12.9. The quantitative estimate of drug-likeness (QED) is 0.904. The Bertz CT molecular complexity index is 539. The van der Waals surface area contributed by atoms with E-state index in [-0.39, 0.29) is 11.5 Å². The summed E-state index contributed by atoms with van der Waals surface area (Å²) >= 11 is 0. The second-order valence-corrected chi connectivity index (χ2v) is 5.72. The number of aliphatic hydroxyl groups is 1. The van der Waals surface area contributed by atoms with Gasteiger partial charge in [-0.1, -0.05) is 0 Å². The summed E-state index contributed by atoms with van der Waals surface area (Å²) in [5.41, 5.74) is 0.243. The van der Waals surface area contributed by atoms with Gasteiger partial charge in [0.1, 0.15) is 11.6 Å². The molecule has 1 aromatic carbocycles. The van der Waals surface area contributed by atoms with Crippen molar-refractivity contribution < 1.29 is 18.7 Å². The van der Waals surface area contributed by atoms with Gasteiger partial charge in [-0.15, -0.1) is 0 Å². The van der Waals surface area contributed by atoms with Gasteiger partial charge in [0.05, 0.1) is 6.10 Å². The van der Waals surface area contributed by atoms with Crippen LogP contribution >= 0.6 is 0 Å². The molecule has 1 fully saturated rings. The number of likely N-dealkylation sites (tertiary alicyclic amines) is 1. The topological polar surface area (TPSA) is 43.8 Å². The molecule has 1 aromatic rings. The van der Waals surface area contributed by atoms with Crippen LogP contribution in [-0.4, -0.2) is 53.6 Å². The van der Waals surface area contributed by atoms with Gasteiger partial charge >= 0.3 is 0 Å². The fraction of sp³-hybridized carbons (Fsp3) is 0.562. The van der Waals surface area contributed by atoms with Gasteiger partial charge in [0.2, 0.25) is 5.91 Å². The summed E-state index contributed by atoms with van der Waals surface area (Å²) in [5, 5.41) is 9.86. The molecular formula is C16H22F2N2O2. The molecule has 122 valence electrons. The predicted molar refractivity (Wildman–Crippen MR) is 79.2 cm³/mol. The Labute approximate surface area is 129 Å². The van der Waals surface area contributed by atoms with Crippen molar-refractivity contribution in [3.05, 3.63) is 35.4 Å². The third-order valence-corrected chi connectivity index (χ3v) is 4.21. The molecule has 0 aromatic heterocycles. The van der Waals surface area contributed by atoms with Crippen LogP contribution in [0.2, 0.25) is 0 Å². The third-order valence-electron chi connectivity index (χ3n) is 4.21. The molecule has 1 amide bonds. The molecule has 1 aliphatic rings. The minimum absolute atomic E-state index is 0.00218. The van der Waals surface area contributed by atoms with Gasteiger partial charge in [-0.05, 0) is 31.5 Å². The van der Waals surface area contributed by atoms with Crippen molar-refractivity contribution in [1.29, 1.82) is 0 Å². The lowest BCUT2D eigenvalue weighted by atomic mass is 10.0. The Kier molecular flexibility index (Phi) is 5.47. The molecule has 1 saturated heterocycles.